The first-order chi connectivity index (χ1) is 8.01. The van der Waals surface area contributed by atoms with Crippen molar-refractivity contribution in [3.63, 3.8) is 0 Å². The maximum Gasteiger partial charge on any atom is 1.00 e. The van der Waals surface area contributed by atoms with Crippen molar-refractivity contribution >= 4 is 15.8 Å². The van der Waals surface area contributed by atoms with Gasteiger partial charge in [0.1, 0.15) is 0 Å². The van der Waals surface area contributed by atoms with Crippen LogP contribution >= 0.6 is 0 Å². The summed E-state index contributed by atoms with van der Waals surface area (Å²) in [6, 6.07) is 7.20. The molecule has 7 heteroatoms. The van der Waals surface area contributed by atoms with Gasteiger partial charge in [-0.2, -0.15) is 12.7 Å². The molecule has 5 nitrogen and oxygen atoms in total. The van der Waals surface area contributed by atoms with E-state index >= 15 is 0 Å². The first-order valence-electron chi connectivity index (χ1n) is 5.32. The average molecular weight is 283 g/mol. The van der Waals surface area contributed by atoms with E-state index in [9.17, 15) is 8.42 Å². The topological polar surface area (TPSA) is 64.6 Å². The van der Waals surface area contributed by atoms with Gasteiger partial charge in [-0.1, -0.05) is 19.1 Å². The van der Waals surface area contributed by atoms with Crippen LogP contribution in [0.25, 0.3) is 0 Å². The van der Waals surface area contributed by atoms with Crippen molar-refractivity contribution < 1.29 is 48.4 Å². The summed E-state index contributed by atoms with van der Waals surface area (Å²) in [7, 11) is -3.50. The summed E-state index contributed by atoms with van der Waals surface area (Å²) >= 11 is 0. The Hall–Kier alpha value is -0.110. The summed E-state index contributed by atoms with van der Waals surface area (Å²) in [4.78, 5) is 0. The van der Waals surface area contributed by atoms with E-state index in [1.54, 1.807) is 18.2 Å². The van der Waals surface area contributed by atoms with Gasteiger partial charge in [0.25, 0.3) is 10.1 Å². The standard InChI is InChI=1S/C11H17NO4S.Na.H/c1-3-7-15-9-10-5-4-6-11(8-10)12-16-17(2,13)14;;/h4-6,8,12H,3,7,9H2,1-2H3;;/q;+1;-1. The van der Waals surface area contributed by atoms with E-state index in [2.05, 4.69) is 9.76 Å². The van der Waals surface area contributed by atoms with Crippen LogP contribution in [-0.4, -0.2) is 21.3 Å². The van der Waals surface area contributed by atoms with Crippen molar-refractivity contribution in [1.82, 2.24) is 0 Å². The van der Waals surface area contributed by atoms with Crippen LogP contribution in [-0.2, 0) is 25.7 Å². The third kappa shape index (κ3) is 8.07. The third-order valence-electron chi connectivity index (χ3n) is 1.86. The molecule has 0 radical (unpaired) electrons. The van der Waals surface area contributed by atoms with E-state index in [0.29, 0.717) is 18.9 Å². The number of rotatable bonds is 7. The van der Waals surface area contributed by atoms with Crippen LogP contribution in [0.1, 0.15) is 20.3 Å². The maximum absolute atomic E-state index is 10.8. The first kappa shape index (κ1) is 17.9. The molecule has 0 aliphatic heterocycles. The minimum absolute atomic E-state index is 0. The molecule has 98 valence electrons. The van der Waals surface area contributed by atoms with E-state index in [-0.39, 0.29) is 31.0 Å². The molecular weight excluding hydrogens is 265 g/mol. The molecule has 0 fully saturated rings. The van der Waals surface area contributed by atoms with Crippen molar-refractivity contribution in [2.24, 2.45) is 0 Å². The minimum Gasteiger partial charge on any atom is -1.00 e. The largest absolute Gasteiger partial charge is 1.00 e. The van der Waals surface area contributed by atoms with E-state index in [1.807, 2.05) is 13.0 Å². The van der Waals surface area contributed by atoms with Gasteiger partial charge in [0.05, 0.1) is 18.6 Å². The molecule has 0 unspecified atom stereocenters. The van der Waals surface area contributed by atoms with Crippen LogP contribution in [0.3, 0.4) is 0 Å². The van der Waals surface area contributed by atoms with Crippen molar-refractivity contribution in [2.45, 2.75) is 20.0 Å². The van der Waals surface area contributed by atoms with Gasteiger partial charge in [0, 0.05) is 6.61 Å². The zero-order valence-electron chi connectivity index (χ0n) is 12.0. The fourth-order valence-corrected chi connectivity index (χ4v) is 1.43. The van der Waals surface area contributed by atoms with Crippen LogP contribution in [0.2, 0.25) is 0 Å². The molecule has 0 spiro atoms. The number of benzene rings is 1. The molecule has 0 heterocycles. The Morgan fingerprint density at radius 1 is 1.39 bits per heavy atom. The van der Waals surface area contributed by atoms with Gasteiger partial charge < -0.3 is 6.16 Å². The van der Waals surface area contributed by atoms with E-state index in [4.69, 9.17) is 4.74 Å². The number of hydrogen-bond donors (Lipinski definition) is 1. The molecule has 0 aromatic heterocycles. The maximum atomic E-state index is 10.8. The average Bonchev–Trinajstić information content (AvgIpc) is 2.27. The Bertz CT molecular complexity index is 456. The van der Waals surface area contributed by atoms with Crippen molar-refractivity contribution in [2.75, 3.05) is 18.3 Å². The van der Waals surface area contributed by atoms with Crippen molar-refractivity contribution in [1.29, 1.82) is 0 Å². The zero-order chi connectivity index (χ0) is 12.7. The molecule has 0 saturated heterocycles. The Balaban J connectivity index is 0. The molecule has 0 amide bonds. The van der Waals surface area contributed by atoms with Gasteiger partial charge in [-0.05, 0) is 24.1 Å². The van der Waals surface area contributed by atoms with Gasteiger partial charge in [-0.3, -0.25) is 0 Å². The van der Waals surface area contributed by atoms with Gasteiger partial charge >= 0.3 is 29.6 Å². The van der Waals surface area contributed by atoms with Gasteiger partial charge in [-0.25, -0.2) is 5.48 Å². The predicted molar refractivity (Wildman–Crippen MR) is 67.1 cm³/mol. The normalized spacial score (nSPS) is 10.8. The smallest absolute Gasteiger partial charge is 1.00 e. The SMILES string of the molecule is CCCOCc1cccc(NOS(C)(=O)=O)c1.[H-].[Na+]. The van der Waals surface area contributed by atoms with Gasteiger partial charge in [0.15, 0.2) is 0 Å². The van der Waals surface area contributed by atoms with Crippen molar-refractivity contribution in [3.05, 3.63) is 29.8 Å². The van der Waals surface area contributed by atoms with Gasteiger partial charge in [-0.15, -0.1) is 0 Å². The number of anilines is 1. The Labute approximate surface area is 132 Å². The molecule has 1 rings (SSSR count). The van der Waals surface area contributed by atoms with Crippen LogP contribution < -0.4 is 35.0 Å². The minimum atomic E-state index is -3.50. The van der Waals surface area contributed by atoms with Crippen LogP contribution in [0.4, 0.5) is 5.69 Å². The van der Waals surface area contributed by atoms with E-state index < -0.39 is 10.1 Å². The Morgan fingerprint density at radius 3 is 2.72 bits per heavy atom. The third-order valence-corrected chi connectivity index (χ3v) is 2.24. The van der Waals surface area contributed by atoms with Crippen LogP contribution in [0.5, 0.6) is 0 Å². The van der Waals surface area contributed by atoms with Gasteiger partial charge in [0.2, 0.25) is 0 Å². The molecule has 0 atom stereocenters. The summed E-state index contributed by atoms with van der Waals surface area (Å²) < 4.78 is 31.4. The fourth-order valence-electron chi connectivity index (χ4n) is 1.18. The fraction of sp³-hybridized carbons (Fsp3) is 0.455. The Morgan fingerprint density at radius 2 is 2.11 bits per heavy atom. The second kappa shape index (κ2) is 8.90. The molecule has 0 bridgehead atoms. The predicted octanol–water partition coefficient (Wildman–Crippen LogP) is -0.967. The molecular formula is C11H18NNaO4S. The van der Waals surface area contributed by atoms with Crippen molar-refractivity contribution in [3.8, 4) is 0 Å². The summed E-state index contributed by atoms with van der Waals surface area (Å²) in [6.45, 7) is 3.25. The molecule has 1 aromatic carbocycles. The summed E-state index contributed by atoms with van der Waals surface area (Å²) in [5, 5.41) is 0. The van der Waals surface area contributed by atoms with Crippen LogP contribution in [0, 0.1) is 0 Å². The number of hydrogen-bond acceptors (Lipinski definition) is 5. The van der Waals surface area contributed by atoms with E-state index in [1.165, 1.54) is 0 Å². The molecule has 18 heavy (non-hydrogen) atoms. The van der Waals surface area contributed by atoms with Crippen LogP contribution in [0.15, 0.2) is 24.3 Å². The summed E-state index contributed by atoms with van der Waals surface area (Å²) in [6.07, 6.45) is 1.95. The second-order valence-corrected chi connectivity index (χ2v) is 5.22. The number of ether oxygens (including phenoxy) is 1. The quantitative estimate of drug-likeness (QED) is 0.396. The first-order valence-corrected chi connectivity index (χ1v) is 7.14. The monoisotopic (exact) mass is 283 g/mol. The molecule has 1 N–H and O–H groups in total. The Kier molecular flexibility index (Phi) is 8.85. The second-order valence-electron chi connectivity index (χ2n) is 3.64. The number of nitrogens with one attached hydrogen (secondary N) is 1. The summed E-state index contributed by atoms with van der Waals surface area (Å²) in [5.74, 6) is 0. The van der Waals surface area contributed by atoms with E-state index in [0.717, 1.165) is 18.2 Å². The zero-order valence-corrected chi connectivity index (χ0v) is 13.8. The summed E-state index contributed by atoms with van der Waals surface area (Å²) in [5.41, 5.74) is 3.91. The molecule has 0 saturated carbocycles. The molecule has 0 aliphatic rings. The molecule has 0 aliphatic carbocycles. The molecule has 1 aromatic rings.